The van der Waals surface area contributed by atoms with E-state index in [4.69, 9.17) is 4.74 Å². The molecule has 2 rings (SSSR count). The van der Waals surface area contributed by atoms with Crippen LogP contribution >= 0.6 is 0 Å². The van der Waals surface area contributed by atoms with Crippen molar-refractivity contribution in [1.29, 1.82) is 0 Å². The van der Waals surface area contributed by atoms with Gasteiger partial charge in [-0.3, -0.25) is 0 Å². The second-order valence-electron chi connectivity index (χ2n) is 7.31. The van der Waals surface area contributed by atoms with Crippen molar-refractivity contribution in [1.82, 2.24) is 10.3 Å². The van der Waals surface area contributed by atoms with E-state index in [2.05, 4.69) is 30.2 Å². The molecule has 0 amide bonds. The molecule has 1 unspecified atom stereocenters. The Morgan fingerprint density at radius 1 is 1.33 bits per heavy atom. The molecule has 21 heavy (non-hydrogen) atoms. The van der Waals surface area contributed by atoms with E-state index in [1.807, 2.05) is 19.9 Å². The quantitative estimate of drug-likeness (QED) is 0.820. The van der Waals surface area contributed by atoms with E-state index in [0.29, 0.717) is 11.5 Å². The van der Waals surface area contributed by atoms with Gasteiger partial charge in [0.15, 0.2) is 0 Å². The molecule has 3 nitrogen and oxygen atoms in total. The molecule has 1 atom stereocenters. The zero-order valence-corrected chi connectivity index (χ0v) is 14.0. The third-order valence-electron chi connectivity index (χ3n) is 4.35. The first-order chi connectivity index (χ1) is 9.96. The van der Waals surface area contributed by atoms with Crippen molar-refractivity contribution in [3.8, 4) is 5.88 Å². The van der Waals surface area contributed by atoms with Crippen molar-refractivity contribution in [2.24, 2.45) is 5.41 Å². The van der Waals surface area contributed by atoms with Gasteiger partial charge < -0.3 is 10.1 Å². The largest absolute Gasteiger partial charge is 0.475 e. The molecule has 1 N–H and O–H groups in total. The number of ether oxygens (including phenoxy) is 1. The van der Waals surface area contributed by atoms with Gasteiger partial charge in [0, 0.05) is 24.3 Å². The lowest BCUT2D eigenvalue weighted by Gasteiger charge is -2.22. The van der Waals surface area contributed by atoms with Crippen LogP contribution in [0.5, 0.6) is 5.88 Å². The predicted octanol–water partition coefficient (Wildman–Crippen LogP) is 4.32. The highest BCUT2D eigenvalue weighted by molar-refractivity contribution is 5.25. The van der Waals surface area contributed by atoms with Gasteiger partial charge in [0.1, 0.15) is 0 Å². The Morgan fingerprint density at radius 2 is 2.14 bits per heavy atom. The zero-order valence-electron chi connectivity index (χ0n) is 14.0. The van der Waals surface area contributed by atoms with Crippen molar-refractivity contribution >= 4 is 0 Å². The van der Waals surface area contributed by atoms with Gasteiger partial charge in [-0.2, -0.15) is 0 Å². The number of hydrogen-bond donors (Lipinski definition) is 1. The molecular weight excluding hydrogens is 260 g/mol. The topological polar surface area (TPSA) is 34.1 Å². The first kappa shape index (κ1) is 16.3. The Bertz CT molecular complexity index is 443. The maximum absolute atomic E-state index is 5.79. The minimum absolute atomic E-state index is 0.164. The van der Waals surface area contributed by atoms with Crippen molar-refractivity contribution in [3.63, 3.8) is 0 Å². The summed E-state index contributed by atoms with van der Waals surface area (Å²) >= 11 is 0. The predicted molar refractivity (Wildman–Crippen MR) is 87.5 cm³/mol. The summed E-state index contributed by atoms with van der Waals surface area (Å²) in [5.41, 5.74) is 1.67. The standard InChI is InChI=1S/C18H30N2O/c1-14(2)21-17-15(7-6-12-19-17)13-20-16-8-5-10-18(3,4)11-9-16/h6-7,12,14,16,20H,5,8-11,13H2,1-4H3. The van der Waals surface area contributed by atoms with Gasteiger partial charge in [0.25, 0.3) is 0 Å². The number of hydrogen-bond acceptors (Lipinski definition) is 3. The Labute approximate surface area is 129 Å². The summed E-state index contributed by atoms with van der Waals surface area (Å²) in [6, 6.07) is 4.72. The molecule has 0 saturated heterocycles. The number of pyridine rings is 1. The molecule has 0 bridgehead atoms. The molecule has 1 fully saturated rings. The molecule has 0 spiro atoms. The molecule has 1 saturated carbocycles. The molecule has 1 aromatic rings. The van der Waals surface area contributed by atoms with Crippen LogP contribution in [0.15, 0.2) is 18.3 Å². The highest BCUT2D eigenvalue weighted by Crippen LogP contribution is 2.33. The van der Waals surface area contributed by atoms with Crippen molar-refractivity contribution in [2.45, 2.75) is 78.5 Å². The Kier molecular flexibility index (Phi) is 5.63. The number of nitrogens with one attached hydrogen (secondary N) is 1. The van der Waals surface area contributed by atoms with Crippen LogP contribution in [-0.4, -0.2) is 17.1 Å². The van der Waals surface area contributed by atoms with E-state index >= 15 is 0 Å². The molecular formula is C18H30N2O. The fourth-order valence-electron chi connectivity index (χ4n) is 3.01. The molecule has 1 aliphatic carbocycles. The Hall–Kier alpha value is -1.09. The van der Waals surface area contributed by atoms with Crippen LogP contribution in [0.2, 0.25) is 0 Å². The molecule has 3 heteroatoms. The zero-order chi connectivity index (χ0) is 15.3. The van der Waals surface area contributed by atoms with Crippen molar-refractivity contribution in [3.05, 3.63) is 23.9 Å². The van der Waals surface area contributed by atoms with E-state index in [0.717, 1.165) is 18.0 Å². The van der Waals surface area contributed by atoms with E-state index in [1.54, 1.807) is 6.20 Å². The average Bonchev–Trinajstić information content (AvgIpc) is 2.58. The third-order valence-corrected chi connectivity index (χ3v) is 4.35. The minimum Gasteiger partial charge on any atom is -0.475 e. The van der Waals surface area contributed by atoms with Gasteiger partial charge in [-0.15, -0.1) is 0 Å². The lowest BCUT2D eigenvalue weighted by atomic mass is 9.85. The number of rotatable bonds is 5. The summed E-state index contributed by atoms with van der Waals surface area (Å²) in [7, 11) is 0. The average molecular weight is 290 g/mol. The maximum atomic E-state index is 5.79. The second kappa shape index (κ2) is 7.26. The van der Waals surface area contributed by atoms with E-state index in [-0.39, 0.29) is 6.10 Å². The normalized spacial score (nSPS) is 22.0. The molecule has 0 aromatic carbocycles. The van der Waals surface area contributed by atoms with Crippen LogP contribution in [0.1, 0.15) is 65.4 Å². The van der Waals surface area contributed by atoms with Crippen LogP contribution in [0.3, 0.4) is 0 Å². The third kappa shape index (κ3) is 5.31. The molecule has 0 aliphatic heterocycles. The first-order valence-electron chi connectivity index (χ1n) is 8.30. The highest BCUT2D eigenvalue weighted by atomic mass is 16.5. The fraction of sp³-hybridized carbons (Fsp3) is 0.722. The number of nitrogens with zero attached hydrogens (tertiary/aromatic N) is 1. The van der Waals surface area contributed by atoms with E-state index < -0.39 is 0 Å². The van der Waals surface area contributed by atoms with Gasteiger partial charge in [-0.1, -0.05) is 26.3 Å². The van der Waals surface area contributed by atoms with Crippen LogP contribution in [0.4, 0.5) is 0 Å². The van der Waals surface area contributed by atoms with E-state index in [1.165, 1.54) is 32.1 Å². The summed E-state index contributed by atoms with van der Waals surface area (Å²) in [5.74, 6) is 0.772. The molecule has 0 radical (unpaired) electrons. The van der Waals surface area contributed by atoms with Crippen LogP contribution in [0, 0.1) is 5.41 Å². The molecule has 118 valence electrons. The van der Waals surface area contributed by atoms with Crippen molar-refractivity contribution in [2.75, 3.05) is 0 Å². The summed E-state index contributed by atoms with van der Waals surface area (Å²) in [4.78, 5) is 4.36. The Balaban J connectivity index is 1.91. The van der Waals surface area contributed by atoms with Crippen LogP contribution in [0.25, 0.3) is 0 Å². The van der Waals surface area contributed by atoms with Crippen LogP contribution < -0.4 is 10.1 Å². The molecule has 1 aromatic heterocycles. The lowest BCUT2D eigenvalue weighted by Crippen LogP contribution is -2.28. The fourth-order valence-corrected chi connectivity index (χ4v) is 3.01. The summed E-state index contributed by atoms with van der Waals surface area (Å²) in [6.45, 7) is 9.72. The summed E-state index contributed by atoms with van der Waals surface area (Å²) in [5, 5.41) is 3.71. The summed E-state index contributed by atoms with van der Waals surface area (Å²) < 4.78 is 5.79. The second-order valence-corrected chi connectivity index (χ2v) is 7.31. The van der Waals surface area contributed by atoms with E-state index in [9.17, 15) is 0 Å². The first-order valence-corrected chi connectivity index (χ1v) is 8.30. The maximum Gasteiger partial charge on any atom is 0.218 e. The molecule has 1 aliphatic rings. The number of aromatic nitrogens is 1. The Morgan fingerprint density at radius 3 is 2.90 bits per heavy atom. The lowest BCUT2D eigenvalue weighted by molar-refractivity contribution is 0.229. The van der Waals surface area contributed by atoms with Crippen molar-refractivity contribution < 1.29 is 4.74 Å². The minimum atomic E-state index is 0.164. The SMILES string of the molecule is CC(C)Oc1ncccc1CNC1CCCC(C)(C)CC1. The highest BCUT2D eigenvalue weighted by Gasteiger charge is 2.24. The van der Waals surface area contributed by atoms with Gasteiger partial charge in [0.2, 0.25) is 5.88 Å². The van der Waals surface area contributed by atoms with Crippen LogP contribution in [-0.2, 0) is 6.54 Å². The van der Waals surface area contributed by atoms with Gasteiger partial charge in [-0.25, -0.2) is 4.98 Å². The van der Waals surface area contributed by atoms with Gasteiger partial charge >= 0.3 is 0 Å². The monoisotopic (exact) mass is 290 g/mol. The smallest absolute Gasteiger partial charge is 0.218 e. The van der Waals surface area contributed by atoms with Gasteiger partial charge in [-0.05, 0) is 51.0 Å². The molecule has 1 heterocycles. The summed E-state index contributed by atoms with van der Waals surface area (Å²) in [6.07, 6.45) is 8.50. The van der Waals surface area contributed by atoms with Gasteiger partial charge in [0.05, 0.1) is 6.10 Å².